The average molecular weight is 265 g/mol. The molecule has 1 rings (SSSR count). The highest BCUT2D eigenvalue weighted by Gasteiger charge is 2.08. The van der Waals surface area contributed by atoms with E-state index in [4.69, 9.17) is 4.74 Å². The number of rotatable bonds is 7. The molecule has 0 saturated carbocycles. The highest BCUT2D eigenvalue weighted by molar-refractivity contribution is 5.73. The zero-order chi connectivity index (χ0) is 14.1. The molecule has 1 amide bonds. The summed E-state index contributed by atoms with van der Waals surface area (Å²) < 4.78 is 5.10. The van der Waals surface area contributed by atoms with Gasteiger partial charge >= 0.3 is 5.97 Å². The van der Waals surface area contributed by atoms with Gasteiger partial charge in [0.25, 0.3) is 0 Å². The van der Waals surface area contributed by atoms with Gasteiger partial charge in [-0.05, 0) is 25.0 Å². The van der Waals surface area contributed by atoms with E-state index < -0.39 is 6.10 Å². The Labute approximate surface area is 112 Å². The van der Waals surface area contributed by atoms with Crippen LogP contribution in [0.2, 0.25) is 0 Å². The number of para-hydroxylation sites is 1. The molecule has 1 unspecified atom stereocenters. The summed E-state index contributed by atoms with van der Waals surface area (Å²) in [6.07, 6.45) is 0.580. The minimum absolute atomic E-state index is 0.178. The quantitative estimate of drug-likeness (QED) is 0.575. The fourth-order valence-corrected chi connectivity index (χ4v) is 1.52. The van der Waals surface area contributed by atoms with Crippen LogP contribution in [-0.2, 0) is 9.59 Å². The first-order valence-corrected chi connectivity index (χ1v) is 6.26. The molecule has 0 heterocycles. The average Bonchev–Trinajstić information content (AvgIpc) is 2.37. The summed E-state index contributed by atoms with van der Waals surface area (Å²) in [5.41, 5.74) is 0. The van der Waals surface area contributed by atoms with Crippen molar-refractivity contribution in [3.8, 4) is 5.75 Å². The Hall–Kier alpha value is -1.88. The minimum atomic E-state index is -0.631. The van der Waals surface area contributed by atoms with E-state index in [2.05, 4.69) is 5.32 Å². The summed E-state index contributed by atoms with van der Waals surface area (Å²) in [5.74, 6) is 0.0201. The van der Waals surface area contributed by atoms with Gasteiger partial charge in [-0.3, -0.25) is 9.59 Å². The first-order chi connectivity index (χ1) is 9.08. The molecule has 0 fully saturated rings. The van der Waals surface area contributed by atoms with Crippen molar-refractivity contribution in [2.45, 2.75) is 32.3 Å². The van der Waals surface area contributed by atoms with E-state index in [9.17, 15) is 14.7 Å². The number of hydrogen-bond donors (Lipinski definition) is 2. The molecule has 1 atom stereocenters. The maximum atomic E-state index is 11.5. The molecule has 2 N–H and O–H groups in total. The van der Waals surface area contributed by atoms with Crippen molar-refractivity contribution in [2.75, 3.05) is 6.54 Å². The monoisotopic (exact) mass is 265 g/mol. The zero-order valence-corrected chi connectivity index (χ0v) is 11.0. The molecule has 0 aliphatic rings. The number of nitrogens with one attached hydrogen (secondary N) is 1. The Morgan fingerprint density at radius 2 is 2.00 bits per heavy atom. The highest BCUT2D eigenvalue weighted by atomic mass is 16.5. The van der Waals surface area contributed by atoms with Crippen LogP contribution < -0.4 is 10.1 Å². The summed E-state index contributed by atoms with van der Waals surface area (Å²) in [6, 6.07) is 8.85. The SMILES string of the molecule is CC(=O)NCC(O)CCCC(=O)Oc1ccccc1. The van der Waals surface area contributed by atoms with Crippen molar-refractivity contribution in [3.05, 3.63) is 30.3 Å². The molecule has 1 aromatic rings. The second-order valence-electron chi connectivity index (χ2n) is 4.27. The number of hydrogen-bond acceptors (Lipinski definition) is 4. The Balaban J connectivity index is 2.15. The Morgan fingerprint density at radius 3 is 2.63 bits per heavy atom. The summed E-state index contributed by atoms with van der Waals surface area (Å²) >= 11 is 0. The van der Waals surface area contributed by atoms with Crippen LogP contribution in [0.4, 0.5) is 0 Å². The number of carbonyl (C=O) groups is 2. The maximum Gasteiger partial charge on any atom is 0.311 e. The predicted octanol–water partition coefficient (Wildman–Crippen LogP) is 1.26. The van der Waals surface area contributed by atoms with Gasteiger partial charge < -0.3 is 15.2 Å². The molecule has 0 spiro atoms. The zero-order valence-electron chi connectivity index (χ0n) is 11.0. The number of esters is 1. The van der Waals surface area contributed by atoms with Gasteiger partial charge in [-0.2, -0.15) is 0 Å². The normalized spacial score (nSPS) is 11.7. The summed E-state index contributed by atoms with van der Waals surface area (Å²) in [4.78, 5) is 22.1. The molecule has 0 aromatic heterocycles. The van der Waals surface area contributed by atoms with Crippen LogP contribution >= 0.6 is 0 Å². The number of ether oxygens (including phenoxy) is 1. The van der Waals surface area contributed by atoms with Gasteiger partial charge in [-0.1, -0.05) is 18.2 Å². The van der Waals surface area contributed by atoms with E-state index in [0.29, 0.717) is 18.6 Å². The standard InChI is InChI=1S/C14H19NO4/c1-11(16)15-10-12(17)6-5-9-14(18)19-13-7-3-2-4-8-13/h2-4,7-8,12,17H,5-6,9-10H2,1H3,(H,15,16). The fraction of sp³-hybridized carbons (Fsp3) is 0.429. The molecule has 0 bridgehead atoms. The Kier molecular flexibility index (Phi) is 6.60. The van der Waals surface area contributed by atoms with Gasteiger partial charge in [0, 0.05) is 19.9 Å². The molecule has 5 heteroatoms. The number of amides is 1. The lowest BCUT2D eigenvalue weighted by molar-refractivity contribution is -0.134. The lowest BCUT2D eigenvalue weighted by Gasteiger charge is -2.10. The van der Waals surface area contributed by atoms with Crippen LogP contribution in [0.25, 0.3) is 0 Å². The van der Waals surface area contributed by atoms with Crippen LogP contribution in [0.15, 0.2) is 30.3 Å². The lowest BCUT2D eigenvalue weighted by Crippen LogP contribution is -2.30. The fourth-order valence-electron chi connectivity index (χ4n) is 1.52. The lowest BCUT2D eigenvalue weighted by atomic mass is 10.1. The highest BCUT2D eigenvalue weighted by Crippen LogP contribution is 2.10. The summed E-state index contributed by atoms with van der Waals surface area (Å²) in [6.45, 7) is 1.60. The van der Waals surface area contributed by atoms with Crippen LogP contribution in [0.3, 0.4) is 0 Å². The number of carbonyl (C=O) groups excluding carboxylic acids is 2. The number of aliphatic hydroxyl groups is 1. The second kappa shape index (κ2) is 8.26. The molecule has 1 aromatic carbocycles. The van der Waals surface area contributed by atoms with Crippen LogP contribution in [0.5, 0.6) is 5.75 Å². The molecular formula is C14H19NO4. The molecule has 104 valence electrons. The van der Waals surface area contributed by atoms with Gasteiger partial charge in [-0.15, -0.1) is 0 Å². The molecule has 19 heavy (non-hydrogen) atoms. The molecule has 0 radical (unpaired) electrons. The molecular weight excluding hydrogens is 246 g/mol. The van der Waals surface area contributed by atoms with Crippen molar-refractivity contribution in [1.29, 1.82) is 0 Å². The Bertz CT molecular complexity index is 405. The van der Waals surface area contributed by atoms with Gasteiger partial charge in [0.05, 0.1) is 6.10 Å². The number of benzene rings is 1. The third-order valence-corrected chi connectivity index (χ3v) is 2.48. The van der Waals surface area contributed by atoms with E-state index in [1.54, 1.807) is 24.3 Å². The van der Waals surface area contributed by atoms with Gasteiger partial charge in [-0.25, -0.2) is 0 Å². The van der Waals surface area contributed by atoms with E-state index >= 15 is 0 Å². The maximum absolute atomic E-state index is 11.5. The van der Waals surface area contributed by atoms with Gasteiger partial charge in [0.15, 0.2) is 0 Å². The first kappa shape index (κ1) is 15.2. The van der Waals surface area contributed by atoms with E-state index in [1.807, 2.05) is 6.07 Å². The van der Waals surface area contributed by atoms with Crippen molar-refractivity contribution >= 4 is 11.9 Å². The van der Waals surface area contributed by atoms with E-state index in [1.165, 1.54) is 6.92 Å². The molecule has 5 nitrogen and oxygen atoms in total. The third kappa shape index (κ3) is 7.21. The Morgan fingerprint density at radius 1 is 1.32 bits per heavy atom. The number of aliphatic hydroxyl groups excluding tert-OH is 1. The van der Waals surface area contributed by atoms with Crippen LogP contribution in [-0.4, -0.2) is 29.6 Å². The van der Waals surface area contributed by atoms with Gasteiger partial charge in [0.2, 0.25) is 5.91 Å². The summed E-state index contributed by atoms with van der Waals surface area (Å²) in [7, 11) is 0. The second-order valence-corrected chi connectivity index (χ2v) is 4.27. The molecule has 0 aliphatic carbocycles. The van der Waals surface area contributed by atoms with Crippen LogP contribution in [0, 0.1) is 0 Å². The van der Waals surface area contributed by atoms with E-state index in [0.717, 1.165) is 0 Å². The molecule has 0 saturated heterocycles. The van der Waals surface area contributed by atoms with Crippen molar-refractivity contribution in [1.82, 2.24) is 5.32 Å². The van der Waals surface area contributed by atoms with Crippen molar-refractivity contribution in [3.63, 3.8) is 0 Å². The van der Waals surface area contributed by atoms with E-state index in [-0.39, 0.29) is 24.8 Å². The predicted molar refractivity (Wildman–Crippen MR) is 70.6 cm³/mol. The largest absolute Gasteiger partial charge is 0.427 e. The van der Waals surface area contributed by atoms with Gasteiger partial charge in [0.1, 0.15) is 5.75 Å². The van der Waals surface area contributed by atoms with Crippen molar-refractivity contribution < 1.29 is 19.4 Å². The van der Waals surface area contributed by atoms with Crippen molar-refractivity contribution in [2.24, 2.45) is 0 Å². The smallest absolute Gasteiger partial charge is 0.311 e. The minimum Gasteiger partial charge on any atom is -0.427 e. The van der Waals surface area contributed by atoms with Crippen LogP contribution in [0.1, 0.15) is 26.2 Å². The first-order valence-electron chi connectivity index (χ1n) is 6.26. The summed E-state index contributed by atoms with van der Waals surface area (Å²) in [5, 5.41) is 12.1. The third-order valence-electron chi connectivity index (χ3n) is 2.48. The topological polar surface area (TPSA) is 75.6 Å². The molecule has 0 aliphatic heterocycles.